The molecule has 0 radical (unpaired) electrons. The van der Waals surface area contributed by atoms with E-state index in [0.29, 0.717) is 23.3 Å². The van der Waals surface area contributed by atoms with Crippen LogP contribution in [0.15, 0.2) is 53.5 Å². The van der Waals surface area contributed by atoms with Crippen molar-refractivity contribution in [1.29, 1.82) is 0 Å². The first-order chi connectivity index (χ1) is 11.6. The maximum absolute atomic E-state index is 6.11. The van der Waals surface area contributed by atoms with Gasteiger partial charge in [-0.25, -0.2) is 4.99 Å². The van der Waals surface area contributed by atoms with Gasteiger partial charge in [0.15, 0.2) is 5.96 Å². The molecule has 1 unspecified atom stereocenters. The molecule has 0 heterocycles. The van der Waals surface area contributed by atoms with Crippen LogP contribution in [0.25, 0.3) is 0 Å². The Balaban J connectivity index is 1.95. The molecule has 0 aliphatic rings. The zero-order valence-corrected chi connectivity index (χ0v) is 14.6. The molecule has 0 saturated carbocycles. The molecule has 0 amide bonds. The predicted molar refractivity (Wildman–Crippen MR) is 99.3 cm³/mol. The standard InChI is InChI=1S/C18H22ClN3O2/c1-3-14(24-17-10-5-4-9-16(17)19)12-21-18(20)22-13-7-6-8-15(11-13)23-2/h4-11,14H,3,12H2,1-2H3,(H3,20,21,22). The molecular weight excluding hydrogens is 326 g/mol. The number of nitrogens with one attached hydrogen (secondary N) is 1. The first kappa shape index (κ1) is 17.9. The third-order valence-corrected chi connectivity index (χ3v) is 3.71. The second kappa shape index (κ2) is 9.03. The molecule has 0 aromatic heterocycles. The van der Waals surface area contributed by atoms with E-state index in [9.17, 15) is 0 Å². The van der Waals surface area contributed by atoms with Gasteiger partial charge in [-0.05, 0) is 30.7 Å². The topological polar surface area (TPSA) is 68.9 Å². The van der Waals surface area contributed by atoms with E-state index in [1.807, 2.05) is 49.4 Å². The number of halogens is 1. The van der Waals surface area contributed by atoms with Gasteiger partial charge in [0.05, 0.1) is 18.7 Å². The van der Waals surface area contributed by atoms with E-state index in [1.165, 1.54) is 0 Å². The van der Waals surface area contributed by atoms with E-state index >= 15 is 0 Å². The fourth-order valence-corrected chi connectivity index (χ4v) is 2.24. The van der Waals surface area contributed by atoms with Crippen molar-refractivity contribution in [2.75, 3.05) is 19.0 Å². The summed E-state index contributed by atoms with van der Waals surface area (Å²) in [5.74, 6) is 1.73. The summed E-state index contributed by atoms with van der Waals surface area (Å²) in [6.45, 7) is 2.47. The summed E-state index contributed by atoms with van der Waals surface area (Å²) in [5.41, 5.74) is 6.76. The van der Waals surface area contributed by atoms with Gasteiger partial charge in [0, 0.05) is 11.8 Å². The maximum atomic E-state index is 6.11. The minimum Gasteiger partial charge on any atom is -0.497 e. The second-order valence-electron chi connectivity index (χ2n) is 5.16. The SMILES string of the molecule is CCC(CN=C(N)Nc1cccc(OC)c1)Oc1ccccc1Cl. The van der Waals surface area contributed by atoms with Crippen LogP contribution in [-0.2, 0) is 0 Å². The van der Waals surface area contributed by atoms with Crippen molar-refractivity contribution in [3.05, 3.63) is 53.6 Å². The van der Waals surface area contributed by atoms with Crippen LogP contribution in [0.3, 0.4) is 0 Å². The number of hydrogen-bond donors (Lipinski definition) is 2. The number of hydrogen-bond acceptors (Lipinski definition) is 3. The highest BCUT2D eigenvalue weighted by molar-refractivity contribution is 6.32. The van der Waals surface area contributed by atoms with Crippen LogP contribution >= 0.6 is 11.6 Å². The quantitative estimate of drug-likeness (QED) is 0.588. The highest BCUT2D eigenvalue weighted by Gasteiger charge is 2.10. The van der Waals surface area contributed by atoms with Crippen molar-refractivity contribution in [2.45, 2.75) is 19.4 Å². The normalized spacial score (nSPS) is 12.5. The number of methoxy groups -OCH3 is 1. The summed E-state index contributed by atoms with van der Waals surface area (Å²) in [6.07, 6.45) is 0.691. The van der Waals surface area contributed by atoms with Crippen LogP contribution in [0.1, 0.15) is 13.3 Å². The van der Waals surface area contributed by atoms with E-state index in [0.717, 1.165) is 17.9 Å². The second-order valence-corrected chi connectivity index (χ2v) is 5.57. The van der Waals surface area contributed by atoms with Gasteiger partial charge >= 0.3 is 0 Å². The van der Waals surface area contributed by atoms with E-state index < -0.39 is 0 Å². The lowest BCUT2D eigenvalue weighted by Crippen LogP contribution is -2.26. The summed E-state index contributed by atoms with van der Waals surface area (Å²) in [7, 11) is 1.62. The van der Waals surface area contributed by atoms with E-state index in [4.69, 9.17) is 26.8 Å². The van der Waals surface area contributed by atoms with Gasteiger partial charge in [-0.2, -0.15) is 0 Å². The lowest BCUT2D eigenvalue weighted by atomic mass is 10.2. The number of para-hydroxylation sites is 1. The largest absolute Gasteiger partial charge is 0.497 e. The first-order valence-corrected chi connectivity index (χ1v) is 8.12. The molecule has 3 N–H and O–H groups in total. The van der Waals surface area contributed by atoms with Crippen molar-refractivity contribution in [1.82, 2.24) is 0 Å². The van der Waals surface area contributed by atoms with Crippen molar-refractivity contribution in [2.24, 2.45) is 10.7 Å². The van der Waals surface area contributed by atoms with Crippen molar-refractivity contribution >= 4 is 23.2 Å². The number of benzene rings is 2. The Morgan fingerprint density at radius 1 is 1.25 bits per heavy atom. The van der Waals surface area contributed by atoms with E-state index in [1.54, 1.807) is 13.2 Å². The van der Waals surface area contributed by atoms with Gasteiger partial charge in [0.25, 0.3) is 0 Å². The Hall–Kier alpha value is -2.40. The molecule has 128 valence electrons. The average Bonchev–Trinajstić information content (AvgIpc) is 2.60. The average molecular weight is 348 g/mol. The van der Waals surface area contributed by atoms with Gasteiger partial charge in [-0.1, -0.05) is 36.7 Å². The fraction of sp³-hybridized carbons (Fsp3) is 0.278. The number of guanidine groups is 1. The fourth-order valence-electron chi connectivity index (χ4n) is 2.06. The van der Waals surface area contributed by atoms with Crippen LogP contribution in [0.5, 0.6) is 11.5 Å². The Morgan fingerprint density at radius 3 is 2.75 bits per heavy atom. The zero-order chi connectivity index (χ0) is 17.4. The monoisotopic (exact) mass is 347 g/mol. The number of anilines is 1. The number of rotatable bonds is 7. The number of ether oxygens (including phenoxy) is 2. The molecule has 24 heavy (non-hydrogen) atoms. The van der Waals surface area contributed by atoms with Gasteiger partial charge in [-0.15, -0.1) is 0 Å². The third-order valence-electron chi connectivity index (χ3n) is 3.39. The summed E-state index contributed by atoms with van der Waals surface area (Å²) in [4.78, 5) is 4.35. The van der Waals surface area contributed by atoms with Crippen molar-refractivity contribution in [3.63, 3.8) is 0 Å². The lowest BCUT2D eigenvalue weighted by Gasteiger charge is -2.17. The smallest absolute Gasteiger partial charge is 0.193 e. The Bertz CT molecular complexity index is 691. The molecule has 5 nitrogen and oxygen atoms in total. The van der Waals surface area contributed by atoms with Crippen LogP contribution < -0.4 is 20.5 Å². The molecule has 0 spiro atoms. The minimum absolute atomic E-state index is 0.101. The Labute approximate surface area is 147 Å². The molecular formula is C18H22ClN3O2. The van der Waals surface area contributed by atoms with Gasteiger partial charge in [0.1, 0.15) is 17.6 Å². The number of aliphatic imine (C=N–C) groups is 1. The van der Waals surface area contributed by atoms with Gasteiger partial charge in [-0.3, -0.25) is 0 Å². The molecule has 2 rings (SSSR count). The molecule has 0 fully saturated rings. The van der Waals surface area contributed by atoms with Gasteiger partial charge < -0.3 is 20.5 Å². The zero-order valence-electron chi connectivity index (χ0n) is 13.8. The first-order valence-electron chi connectivity index (χ1n) is 7.74. The molecule has 0 aliphatic heterocycles. The van der Waals surface area contributed by atoms with Gasteiger partial charge in [0.2, 0.25) is 0 Å². The van der Waals surface area contributed by atoms with Crippen LogP contribution in [-0.4, -0.2) is 25.7 Å². The summed E-state index contributed by atoms with van der Waals surface area (Å²) < 4.78 is 11.1. The van der Waals surface area contributed by atoms with Crippen molar-refractivity contribution < 1.29 is 9.47 Å². The lowest BCUT2D eigenvalue weighted by molar-refractivity contribution is 0.206. The van der Waals surface area contributed by atoms with Crippen molar-refractivity contribution in [3.8, 4) is 11.5 Å². The summed E-state index contributed by atoms with van der Waals surface area (Å²) in [5, 5.41) is 3.62. The maximum Gasteiger partial charge on any atom is 0.193 e. The summed E-state index contributed by atoms with van der Waals surface area (Å²) in [6, 6.07) is 14.9. The number of nitrogens with zero attached hydrogens (tertiary/aromatic N) is 1. The van der Waals surface area contributed by atoms with E-state index in [2.05, 4.69) is 10.3 Å². The predicted octanol–water partition coefficient (Wildman–Crippen LogP) is 3.93. The highest BCUT2D eigenvalue weighted by atomic mass is 35.5. The van der Waals surface area contributed by atoms with Crippen LogP contribution in [0.4, 0.5) is 5.69 Å². The minimum atomic E-state index is -0.101. The molecule has 2 aromatic rings. The number of nitrogens with two attached hydrogens (primary N) is 1. The van der Waals surface area contributed by atoms with Crippen LogP contribution in [0, 0.1) is 0 Å². The Kier molecular flexibility index (Phi) is 6.75. The summed E-state index contributed by atoms with van der Waals surface area (Å²) >= 11 is 6.11. The van der Waals surface area contributed by atoms with E-state index in [-0.39, 0.29) is 6.10 Å². The molecule has 2 aromatic carbocycles. The van der Waals surface area contributed by atoms with Crippen LogP contribution in [0.2, 0.25) is 5.02 Å². The molecule has 0 bridgehead atoms. The molecule has 0 aliphatic carbocycles. The highest BCUT2D eigenvalue weighted by Crippen LogP contribution is 2.24. The molecule has 0 saturated heterocycles. The molecule has 6 heteroatoms. The third kappa shape index (κ3) is 5.35. The molecule has 1 atom stereocenters. The Morgan fingerprint density at radius 2 is 2.04 bits per heavy atom.